The van der Waals surface area contributed by atoms with Crippen molar-refractivity contribution in [2.24, 2.45) is 11.7 Å². The van der Waals surface area contributed by atoms with Crippen LogP contribution in [-0.2, 0) is 11.5 Å². The van der Waals surface area contributed by atoms with Crippen LogP contribution >= 0.6 is 28.1 Å². The highest BCUT2D eigenvalue weighted by Gasteiger charge is 2.24. The number of halogens is 1. The molecule has 0 saturated carbocycles. The number of carbonyl (C=O) groups excluding carboxylic acids is 1. The van der Waals surface area contributed by atoms with E-state index in [1.165, 1.54) is 0 Å². The molecule has 3 aromatic rings. The smallest absolute Gasteiger partial charge is 0.220 e. The third-order valence-corrected chi connectivity index (χ3v) is 6.15. The molecule has 0 atom stereocenters. The zero-order valence-corrected chi connectivity index (χ0v) is 18.3. The number of aromatic nitrogens is 3. The molecular weight excluding hydrogens is 450 g/mol. The molecule has 29 heavy (non-hydrogen) atoms. The monoisotopic (exact) mass is 471 g/mol. The van der Waals surface area contributed by atoms with E-state index in [1.54, 1.807) is 0 Å². The minimum absolute atomic E-state index is 0.0293. The molecule has 2 aromatic carbocycles. The molecule has 1 aromatic heterocycles. The Morgan fingerprint density at radius 1 is 1.14 bits per heavy atom. The maximum Gasteiger partial charge on any atom is 0.220 e. The molecule has 1 saturated heterocycles. The highest BCUT2D eigenvalue weighted by atomic mass is 79.9. The number of piperidine rings is 1. The fraction of sp³-hybridized carbons (Fsp3) is 0.286. The molecule has 150 valence electrons. The molecular formula is C21H22BrN5OS. The molecule has 0 unspecified atom stereocenters. The Labute approximate surface area is 183 Å². The van der Waals surface area contributed by atoms with E-state index < -0.39 is 0 Å². The SMILES string of the molecule is NC(=O)C1CCN(Cn2nc(-c3cccc(Br)c3)n(-c3ccccc3)c2=S)CC1. The number of carbonyl (C=O) groups is 1. The van der Waals surface area contributed by atoms with Crippen molar-refractivity contribution in [3.63, 3.8) is 0 Å². The Balaban J connectivity index is 1.69. The molecule has 0 bridgehead atoms. The van der Waals surface area contributed by atoms with Crippen LogP contribution in [0.3, 0.4) is 0 Å². The van der Waals surface area contributed by atoms with Crippen molar-refractivity contribution < 1.29 is 4.79 Å². The normalized spacial score (nSPS) is 15.5. The van der Waals surface area contributed by atoms with Gasteiger partial charge in [-0.25, -0.2) is 4.68 Å². The van der Waals surface area contributed by atoms with Gasteiger partial charge >= 0.3 is 0 Å². The van der Waals surface area contributed by atoms with Crippen molar-refractivity contribution in [3.05, 3.63) is 63.8 Å². The van der Waals surface area contributed by atoms with E-state index >= 15 is 0 Å². The van der Waals surface area contributed by atoms with Gasteiger partial charge in [-0.05, 0) is 49.3 Å². The average molecular weight is 472 g/mol. The lowest BCUT2D eigenvalue weighted by molar-refractivity contribution is -0.123. The van der Waals surface area contributed by atoms with Gasteiger partial charge < -0.3 is 5.73 Å². The fourth-order valence-corrected chi connectivity index (χ4v) is 4.36. The van der Waals surface area contributed by atoms with E-state index in [-0.39, 0.29) is 11.8 Å². The predicted octanol–water partition coefficient (Wildman–Crippen LogP) is 3.99. The number of hydrogen-bond acceptors (Lipinski definition) is 4. The molecule has 1 aliphatic rings. The van der Waals surface area contributed by atoms with Crippen LogP contribution in [0.5, 0.6) is 0 Å². The minimum Gasteiger partial charge on any atom is -0.369 e. The molecule has 8 heteroatoms. The van der Waals surface area contributed by atoms with Crippen LogP contribution < -0.4 is 5.73 Å². The second kappa shape index (κ2) is 8.61. The minimum atomic E-state index is -0.202. The number of amides is 1. The predicted molar refractivity (Wildman–Crippen MR) is 119 cm³/mol. The van der Waals surface area contributed by atoms with Crippen molar-refractivity contribution in [2.75, 3.05) is 13.1 Å². The number of primary amides is 1. The van der Waals surface area contributed by atoms with Crippen LogP contribution in [-0.4, -0.2) is 38.2 Å². The van der Waals surface area contributed by atoms with Gasteiger partial charge in [-0.1, -0.05) is 46.3 Å². The third kappa shape index (κ3) is 4.34. The van der Waals surface area contributed by atoms with Gasteiger partial charge in [0.15, 0.2) is 5.82 Å². The maximum absolute atomic E-state index is 11.4. The lowest BCUT2D eigenvalue weighted by Gasteiger charge is -2.29. The zero-order chi connectivity index (χ0) is 20.4. The van der Waals surface area contributed by atoms with Gasteiger partial charge in [0.2, 0.25) is 10.7 Å². The lowest BCUT2D eigenvalue weighted by Crippen LogP contribution is -2.39. The lowest BCUT2D eigenvalue weighted by atomic mass is 9.97. The molecule has 4 rings (SSSR count). The summed E-state index contributed by atoms with van der Waals surface area (Å²) in [5.74, 6) is 0.569. The van der Waals surface area contributed by atoms with Gasteiger partial charge in [0, 0.05) is 34.7 Å². The van der Waals surface area contributed by atoms with Crippen molar-refractivity contribution in [2.45, 2.75) is 19.5 Å². The van der Waals surface area contributed by atoms with Crippen LogP contribution in [0.15, 0.2) is 59.1 Å². The highest BCUT2D eigenvalue weighted by Crippen LogP contribution is 2.26. The first-order valence-corrected chi connectivity index (χ1v) is 10.8. The third-order valence-electron chi connectivity index (χ3n) is 5.26. The summed E-state index contributed by atoms with van der Waals surface area (Å²) >= 11 is 9.36. The number of hydrogen-bond donors (Lipinski definition) is 1. The van der Waals surface area contributed by atoms with E-state index in [0.717, 1.165) is 47.5 Å². The van der Waals surface area contributed by atoms with Gasteiger partial charge in [-0.15, -0.1) is 5.10 Å². The van der Waals surface area contributed by atoms with Crippen molar-refractivity contribution >= 4 is 34.1 Å². The van der Waals surface area contributed by atoms with Crippen molar-refractivity contribution in [3.8, 4) is 17.1 Å². The van der Waals surface area contributed by atoms with Gasteiger partial charge in [-0.3, -0.25) is 14.3 Å². The van der Waals surface area contributed by atoms with E-state index in [2.05, 4.69) is 20.8 Å². The molecule has 1 aliphatic heterocycles. The van der Waals surface area contributed by atoms with E-state index in [0.29, 0.717) is 11.4 Å². The summed E-state index contributed by atoms with van der Waals surface area (Å²) in [4.78, 5) is 13.7. The molecule has 6 nitrogen and oxygen atoms in total. The molecule has 1 fully saturated rings. The molecule has 1 amide bonds. The van der Waals surface area contributed by atoms with Crippen LogP contribution in [0.2, 0.25) is 0 Å². The molecule has 2 N–H and O–H groups in total. The van der Waals surface area contributed by atoms with Crippen molar-refractivity contribution in [1.29, 1.82) is 0 Å². The number of nitrogens with two attached hydrogens (primary N) is 1. The summed E-state index contributed by atoms with van der Waals surface area (Å²) in [5, 5.41) is 4.87. The summed E-state index contributed by atoms with van der Waals surface area (Å²) in [6.07, 6.45) is 1.56. The van der Waals surface area contributed by atoms with Crippen molar-refractivity contribution in [1.82, 2.24) is 19.2 Å². The maximum atomic E-state index is 11.4. The van der Waals surface area contributed by atoms with Gasteiger partial charge in [0.1, 0.15) is 0 Å². The molecule has 2 heterocycles. The van der Waals surface area contributed by atoms with Crippen LogP contribution in [0.4, 0.5) is 0 Å². The number of nitrogens with zero attached hydrogens (tertiary/aromatic N) is 4. The first-order valence-electron chi connectivity index (χ1n) is 9.56. The Bertz CT molecular complexity index is 1070. The van der Waals surface area contributed by atoms with Gasteiger partial charge in [0.25, 0.3) is 0 Å². The summed E-state index contributed by atoms with van der Waals surface area (Å²) in [6.45, 7) is 2.20. The topological polar surface area (TPSA) is 69.1 Å². The molecule has 0 radical (unpaired) electrons. The molecule has 0 aliphatic carbocycles. The highest BCUT2D eigenvalue weighted by molar-refractivity contribution is 9.10. The Morgan fingerprint density at radius 3 is 2.52 bits per heavy atom. The van der Waals surface area contributed by atoms with Gasteiger partial charge in [-0.2, -0.15) is 0 Å². The zero-order valence-electron chi connectivity index (χ0n) is 15.9. The van der Waals surface area contributed by atoms with Crippen LogP contribution in [0.1, 0.15) is 12.8 Å². The quantitative estimate of drug-likeness (QED) is 0.571. The van der Waals surface area contributed by atoms with E-state index in [1.807, 2.05) is 63.8 Å². The second-order valence-electron chi connectivity index (χ2n) is 7.22. The largest absolute Gasteiger partial charge is 0.369 e. The Morgan fingerprint density at radius 2 is 1.86 bits per heavy atom. The number of likely N-dealkylation sites (tertiary alicyclic amines) is 1. The van der Waals surface area contributed by atoms with E-state index in [4.69, 9.17) is 23.1 Å². The van der Waals surface area contributed by atoms with Crippen LogP contribution in [0.25, 0.3) is 17.1 Å². The van der Waals surface area contributed by atoms with E-state index in [9.17, 15) is 4.79 Å². The number of benzene rings is 2. The molecule has 0 spiro atoms. The van der Waals surface area contributed by atoms with Crippen LogP contribution in [0, 0.1) is 10.7 Å². The second-order valence-corrected chi connectivity index (χ2v) is 8.50. The fourth-order valence-electron chi connectivity index (χ4n) is 3.67. The summed E-state index contributed by atoms with van der Waals surface area (Å²) < 4.78 is 5.50. The Kier molecular flexibility index (Phi) is 5.94. The van der Waals surface area contributed by atoms with Gasteiger partial charge in [0.05, 0.1) is 6.67 Å². The Hall–Kier alpha value is -2.29. The first-order chi connectivity index (χ1) is 14.0. The summed E-state index contributed by atoms with van der Waals surface area (Å²) in [6, 6.07) is 18.1. The summed E-state index contributed by atoms with van der Waals surface area (Å²) in [5.41, 5.74) is 7.42. The number of rotatable bonds is 5. The first kappa shape index (κ1) is 20.0. The number of para-hydroxylation sites is 1. The summed E-state index contributed by atoms with van der Waals surface area (Å²) in [7, 11) is 0. The average Bonchev–Trinajstić information content (AvgIpc) is 3.05. The standard InChI is InChI=1S/C21H22BrN5OS/c22-17-6-4-5-16(13-17)20-24-26(14-25-11-9-15(10-12-25)19(23)28)21(29)27(20)18-7-2-1-3-8-18/h1-8,13,15H,9-12,14H2,(H2,23,28).